The lowest BCUT2D eigenvalue weighted by Crippen LogP contribution is -2.43. The molecule has 0 bridgehead atoms. The fourth-order valence-corrected chi connectivity index (χ4v) is 8.97. The fourth-order valence-electron chi connectivity index (χ4n) is 8.97. The van der Waals surface area contributed by atoms with Gasteiger partial charge in [-0.25, -0.2) is 14.4 Å². The molecule has 3 saturated carbocycles. The number of carbonyl (C=O) groups is 3. The van der Waals surface area contributed by atoms with Gasteiger partial charge in [0.2, 0.25) is 0 Å². The minimum absolute atomic E-state index is 0.00193. The van der Waals surface area contributed by atoms with E-state index in [1.54, 1.807) is 5.57 Å². The summed E-state index contributed by atoms with van der Waals surface area (Å²) in [6, 6.07) is -0.147. The molecule has 0 spiro atoms. The Balaban J connectivity index is 1.23. The average Bonchev–Trinajstić information content (AvgIpc) is 3.49. The van der Waals surface area contributed by atoms with E-state index in [0.717, 1.165) is 75.3 Å². The summed E-state index contributed by atoms with van der Waals surface area (Å²) in [5.74, 6) is 4.32. The predicted octanol–water partition coefficient (Wildman–Crippen LogP) is 8.34. The molecule has 4 aliphatic carbocycles. The van der Waals surface area contributed by atoms with E-state index in [2.05, 4.69) is 22.0 Å². The molecule has 8 unspecified atom stereocenters. The molecular formula is C40H70N4O6. The van der Waals surface area contributed by atoms with E-state index in [0.29, 0.717) is 25.4 Å². The van der Waals surface area contributed by atoms with Gasteiger partial charge in [0.05, 0.1) is 0 Å². The maximum Gasteiger partial charge on any atom is 0.410 e. The van der Waals surface area contributed by atoms with Gasteiger partial charge >= 0.3 is 18.3 Å². The summed E-state index contributed by atoms with van der Waals surface area (Å²) in [6.07, 6.45) is 15.8. The number of alkyl carbamates (subject to hydrolysis) is 2. The lowest BCUT2D eigenvalue weighted by atomic mass is 9.57. The summed E-state index contributed by atoms with van der Waals surface area (Å²) < 4.78 is 17.0. The maximum absolute atomic E-state index is 13.7. The standard InChI is InChI=1S/C40H70N4O6/c1-27(42-36(45)49-39(3,4)5)20-23-41-22-9-10-24-44(25-21-28(2)43-37(46)50-40(6,7)8)38(47)48-31-16-19-33-30(26-31)15-18-34-32-13-11-12-29(32)14-17-35(33)34/h15,27-29,31-35,41H,9-14,16-26H2,1-8H3,(H,42,45)(H,43,46). The van der Waals surface area contributed by atoms with Crippen LogP contribution in [0.5, 0.6) is 0 Å². The Labute approximate surface area is 302 Å². The lowest BCUT2D eigenvalue weighted by Gasteiger charge is -2.49. The molecule has 0 aliphatic heterocycles. The Morgan fingerprint density at radius 1 is 0.780 bits per heavy atom. The van der Waals surface area contributed by atoms with Crippen molar-refractivity contribution < 1.29 is 28.6 Å². The number of unbranched alkanes of at least 4 members (excludes halogenated alkanes) is 1. The van der Waals surface area contributed by atoms with Gasteiger partial charge < -0.3 is 35.1 Å². The smallest absolute Gasteiger partial charge is 0.410 e. The van der Waals surface area contributed by atoms with Gasteiger partial charge in [0, 0.05) is 31.6 Å². The first-order chi connectivity index (χ1) is 23.6. The van der Waals surface area contributed by atoms with Gasteiger partial charge in [-0.05, 0) is 162 Å². The summed E-state index contributed by atoms with van der Waals surface area (Å²) in [5, 5.41) is 9.25. The largest absolute Gasteiger partial charge is 0.446 e. The Morgan fingerprint density at radius 3 is 2.14 bits per heavy atom. The number of nitrogens with zero attached hydrogens (tertiary/aromatic N) is 1. The van der Waals surface area contributed by atoms with Crippen molar-refractivity contribution in [3.05, 3.63) is 11.6 Å². The van der Waals surface area contributed by atoms with Crippen LogP contribution in [-0.4, -0.2) is 78.7 Å². The van der Waals surface area contributed by atoms with E-state index in [1.165, 1.54) is 38.5 Å². The first-order valence-corrected chi connectivity index (χ1v) is 19.9. The third-order valence-electron chi connectivity index (χ3n) is 11.3. The molecule has 0 aromatic heterocycles. The monoisotopic (exact) mass is 703 g/mol. The van der Waals surface area contributed by atoms with Crippen molar-refractivity contribution >= 4 is 18.3 Å². The number of carbonyl (C=O) groups excluding carboxylic acids is 3. The Bertz CT molecular complexity index is 1150. The van der Waals surface area contributed by atoms with Crippen LogP contribution in [0.4, 0.5) is 14.4 Å². The molecule has 0 aromatic carbocycles. The third kappa shape index (κ3) is 12.9. The maximum atomic E-state index is 13.7. The second-order valence-corrected chi connectivity index (χ2v) is 17.8. The van der Waals surface area contributed by atoms with Crippen molar-refractivity contribution in [3.8, 4) is 0 Å². The molecule has 50 heavy (non-hydrogen) atoms. The molecule has 4 aliphatic rings. The van der Waals surface area contributed by atoms with Crippen LogP contribution in [0.25, 0.3) is 0 Å². The molecule has 10 nitrogen and oxygen atoms in total. The summed E-state index contributed by atoms with van der Waals surface area (Å²) in [4.78, 5) is 39.9. The van der Waals surface area contributed by atoms with Gasteiger partial charge in [0.1, 0.15) is 17.3 Å². The number of allylic oxidation sites excluding steroid dienone is 1. The molecule has 8 atom stereocenters. The molecule has 0 saturated heterocycles. The second kappa shape index (κ2) is 18.3. The molecule has 4 rings (SSSR count). The highest BCUT2D eigenvalue weighted by atomic mass is 16.6. The van der Waals surface area contributed by atoms with Crippen LogP contribution in [-0.2, 0) is 14.2 Å². The molecular weight excluding hydrogens is 632 g/mol. The summed E-state index contributed by atoms with van der Waals surface area (Å²) in [6.45, 7) is 17.7. The number of rotatable bonds is 14. The zero-order chi connectivity index (χ0) is 36.5. The topological polar surface area (TPSA) is 118 Å². The van der Waals surface area contributed by atoms with Crippen LogP contribution in [0, 0.1) is 29.6 Å². The Morgan fingerprint density at radius 2 is 1.46 bits per heavy atom. The van der Waals surface area contributed by atoms with Crippen molar-refractivity contribution in [2.24, 2.45) is 29.6 Å². The number of nitrogens with one attached hydrogen (secondary N) is 3. The summed E-state index contributed by atoms with van der Waals surface area (Å²) in [7, 11) is 0. The molecule has 286 valence electrons. The van der Waals surface area contributed by atoms with Gasteiger partial charge in [-0.3, -0.25) is 0 Å². The van der Waals surface area contributed by atoms with Gasteiger partial charge in [-0.15, -0.1) is 0 Å². The van der Waals surface area contributed by atoms with Crippen LogP contribution in [0.3, 0.4) is 0 Å². The third-order valence-corrected chi connectivity index (χ3v) is 11.3. The molecule has 3 N–H and O–H groups in total. The minimum Gasteiger partial charge on any atom is -0.446 e. The number of ether oxygens (including phenoxy) is 3. The number of fused-ring (bicyclic) bond motifs is 5. The SMILES string of the molecule is CC(CCNCCCCN(CCC(C)NC(=O)OC(C)(C)C)C(=O)OC1CCC2C(=CCC3C4CCCC4CCC23)C1)NC(=O)OC(C)(C)C. The summed E-state index contributed by atoms with van der Waals surface area (Å²) >= 11 is 0. The first kappa shape index (κ1) is 40.3. The zero-order valence-corrected chi connectivity index (χ0v) is 32.6. The lowest BCUT2D eigenvalue weighted by molar-refractivity contribution is 0.0221. The van der Waals surface area contributed by atoms with Crippen LogP contribution < -0.4 is 16.0 Å². The van der Waals surface area contributed by atoms with Crippen LogP contribution in [0.15, 0.2) is 11.6 Å². The average molecular weight is 703 g/mol. The molecule has 3 fully saturated rings. The number of hydrogen-bond donors (Lipinski definition) is 3. The van der Waals surface area contributed by atoms with E-state index in [-0.39, 0.29) is 24.3 Å². The van der Waals surface area contributed by atoms with Crippen molar-refractivity contribution in [1.82, 2.24) is 20.9 Å². The van der Waals surface area contributed by atoms with Gasteiger partial charge in [-0.2, -0.15) is 0 Å². The van der Waals surface area contributed by atoms with Crippen molar-refractivity contribution in [2.45, 2.75) is 168 Å². The van der Waals surface area contributed by atoms with Gasteiger partial charge in [0.25, 0.3) is 0 Å². The molecule has 10 heteroatoms. The fraction of sp³-hybridized carbons (Fsp3) is 0.875. The van der Waals surface area contributed by atoms with Crippen molar-refractivity contribution in [1.29, 1.82) is 0 Å². The zero-order valence-electron chi connectivity index (χ0n) is 32.6. The summed E-state index contributed by atoms with van der Waals surface area (Å²) in [5.41, 5.74) is 0.471. The molecule has 0 heterocycles. The Hall–Kier alpha value is -2.49. The van der Waals surface area contributed by atoms with Crippen molar-refractivity contribution in [3.63, 3.8) is 0 Å². The number of amides is 3. The van der Waals surface area contributed by atoms with Crippen LogP contribution >= 0.6 is 0 Å². The highest BCUT2D eigenvalue weighted by molar-refractivity contribution is 5.69. The highest BCUT2D eigenvalue weighted by Crippen LogP contribution is 2.56. The first-order valence-electron chi connectivity index (χ1n) is 19.9. The van der Waals surface area contributed by atoms with E-state index in [1.807, 2.05) is 60.3 Å². The van der Waals surface area contributed by atoms with Crippen LogP contribution in [0.2, 0.25) is 0 Å². The minimum atomic E-state index is -0.566. The quantitative estimate of drug-likeness (QED) is 0.0946. The molecule has 0 radical (unpaired) electrons. The van der Waals surface area contributed by atoms with E-state index >= 15 is 0 Å². The molecule has 3 amide bonds. The predicted molar refractivity (Wildman–Crippen MR) is 198 cm³/mol. The van der Waals surface area contributed by atoms with Gasteiger partial charge in [-0.1, -0.05) is 24.5 Å². The number of hydrogen-bond acceptors (Lipinski definition) is 7. The highest BCUT2D eigenvalue weighted by Gasteiger charge is 2.47. The second-order valence-electron chi connectivity index (χ2n) is 17.8. The van der Waals surface area contributed by atoms with E-state index in [4.69, 9.17) is 14.2 Å². The Kier molecular flexibility index (Phi) is 14.8. The van der Waals surface area contributed by atoms with Crippen LogP contribution in [0.1, 0.15) is 139 Å². The van der Waals surface area contributed by atoms with E-state index in [9.17, 15) is 14.4 Å². The van der Waals surface area contributed by atoms with E-state index < -0.39 is 23.4 Å². The van der Waals surface area contributed by atoms with Gasteiger partial charge in [0.15, 0.2) is 0 Å². The molecule has 0 aromatic rings. The normalized spacial score (nSPS) is 27.4. The van der Waals surface area contributed by atoms with Crippen molar-refractivity contribution in [2.75, 3.05) is 26.2 Å².